The van der Waals surface area contributed by atoms with Crippen LogP contribution in [0.4, 0.5) is 10.6 Å². The highest BCUT2D eigenvalue weighted by atomic mass is 79.9. The maximum atomic E-state index is 12.0. The van der Waals surface area contributed by atoms with Crippen molar-refractivity contribution in [2.45, 2.75) is 26.4 Å². The number of H-pyrrole nitrogens is 1. The molecule has 0 bridgehead atoms. The third-order valence-electron chi connectivity index (χ3n) is 3.04. The van der Waals surface area contributed by atoms with Crippen molar-refractivity contribution in [2.75, 3.05) is 5.32 Å². The number of pyridine rings is 1. The molecule has 0 aliphatic rings. The maximum absolute atomic E-state index is 12.0. The highest BCUT2D eigenvalue weighted by Crippen LogP contribution is 2.28. The van der Waals surface area contributed by atoms with Gasteiger partial charge in [-0.05, 0) is 42.8 Å². The quantitative estimate of drug-likeness (QED) is 0.695. The van der Waals surface area contributed by atoms with Gasteiger partial charge in [0.2, 0.25) is 0 Å². The summed E-state index contributed by atoms with van der Waals surface area (Å²) < 4.78 is 7.72. The molecule has 8 nitrogen and oxygen atoms in total. The molecule has 0 saturated carbocycles. The maximum Gasteiger partial charge on any atom is 0.413 e. The van der Waals surface area contributed by atoms with Crippen LogP contribution in [0.1, 0.15) is 20.8 Å². The van der Waals surface area contributed by atoms with Crippen LogP contribution < -0.4 is 5.32 Å². The topological polar surface area (TPSA) is 97.7 Å². The minimum absolute atomic E-state index is 0.363. The number of halogens is 1. The number of ether oxygens (including phenoxy) is 1. The number of amides is 1. The molecule has 2 N–H and O–H groups in total. The van der Waals surface area contributed by atoms with E-state index in [9.17, 15) is 4.79 Å². The van der Waals surface area contributed by atoms with Gasteiger partial charge in [-0.15, -0.1) is 0 Å². The molecule has 1 amide bonds. The number of fused-ring (bicyclic) bond motifs is 1. The van der Waals surface area contributed by atoms with Crippen molar-refractivity contribution in [2.24, 2.45) is 7.05 Å². The van der Waals surface area contributed by atoms with Crippen molar-refractivity contribution in [1.29, 1.82) is 0 Å². The van der Waals surface area contributed by atoms with Crippen molar-refractivity contribution < 1.29 is 9.53 Å². The molecule has 3 aromatic rings. The second-order valence-electron chi connectivity index (χ2n) is 6.27. The first-order chi connectivity index (χ1) is 11.2. The Labute approximate surface area is 146 Å². The number of carbonyl (C=O) groups is 1. The number of aryl methyl sites for hydroxylation is 1. The van der Waals surface area contributed by atoms with Gasteiger partial charge < -0.3 is 9.72 Å². The fourth-order valence-electron chi connectivity index (χ4n) is 2.16. The van der Waals surface area contributed by atoms with Crippen LogP contribution in [0.3, 0.4) is 0 Å². The van der Waals surface area contributed by atoms with Gasteiger partial charge in [-0.2, -0.15) is 5.10 Å². The smallest absolute Gasteiger partial charge is 0.413 e. The summed E-state index contributed by atoms with van der Waals surface area (Å²) in [6, 6.07) is 1.83. The number of rotatable bonds is 2. The summed E-state index contributed by atoms with van der Waals surface area (Å²) in [5, 5.41) is 6.92. The van der Waals surface area contributed by atoms with E-state index >= 15 is 0 Å². The number of nitrogens with one attached hydrogen (secondary N) is 2. The summed E-state index contributed by atoms with van der Waals surface area (Å²) in [5.74, 6) is 0.922. The van der Waals surface area contributed by atoms with Crippen LogP contribution in [0.2, 0.25) is 0 Å². The number of aromatic amines is 1. The van der Waals surface area contributed by atoms with Gasteiger partial charge in [0.25, 0.3) is 0 Å². The summed E-state index contributed by atoms with van der Waals surface area (Å²) >= 11 is 3.46. The average molecular weight is 393 g/mol. The Morgan fingerprint density at radius 2 is 2.17 bits per heavy atom. The number of hydrogen-bond donors (Lipinski definition) is 2. The molecule has 9 heteroatoms. The molecule has 0 aromatic carbocycles. The lowest BCUT2D eigenvalue weighted by molar-refractivity contribution is 0.0635. The van der Waals surface area contributed by atoms with Gasteiger partial charge in [0.1, 0.15) is 11.4 Å². The molecule has 0 unspecified atom stereocenters. The summed E-state index contributed by atoms with van der Waals surface area (Å²) in [4.78, 5) is 23.9. The van der Waals surface area contributed by atoms with Crippen LogP contribution >= 0.6 is 15.9 Å². The Kier molecular flexibility index (Phi) is 4.04. The summed E-state index contributed by atoms with van der Waals surface area (Å²) in [5.41, 5.74) is 1.41. The second-order valence-corrected chi connectivity index (χ2v) is 7.12. The van der Waals surface area contributed by atoms with Crippen molar-refractivity contribution in [3.63, 3.8) is 0 Å². The first-order valence-corrected chi connectivity index (χ1v) is 8.06. The zero-order valence-corrected chi connectivity index (χ0v) is 15.3. The van der Waals surface area contributed by atoms with Gasteiger partial charge in [-0.3, -0.25) is 10.00 Å². The molecule has 3 aromatic heterocycles. The normalized spacial score (nSPS) is 11.7. The number of nitrogens with zero attached hydrogens (tertiary/aromatic N) is 4. The van der Waals surface area contributed by atoms with E-state index in [2.05, 4.69) is 41.3 Å². The molecule has 24 heavy (non-hydrogen) atoms. The highest BCUT2D eigenvalue weighted by Gasteiger charge is 2.21. The Morgan fingerprint density at radius 1 is 1.42 bits per heavy atom. The zero-order chi connectivity index (χ0) is 17.5. The Balaban J connectivity index is 1.96. The van der Waals surface area contributed by atoms with E-state index < -0.39 is 11.7 Å². The van der Waals surface area contributed by atoms with E-state index in [1.807, 2.05) is 6.07 Å². The first-order valence-electron chi connectivity index (χ1n) is 7.27. The molecule has 3 heterocycles. The van der Waals surface area contributed by atoms with Crippen LogP contribution in [0.15, 0.2) is 22.9 Å². The molecule has 0 aliphatic carbocycles. The molecular weight excluding hydrogens is 376 g/mol. The fraction of sp³-hybridized carbons (Fsp3) is 0.333. The highest BCUT2D eigenvalue weighted by molar-refractivity contribution is 9.10. The van der Waals surface area contributed by atoms with Crippen LogP contribution in [0.5, 0.6) is 0 Å². The van der Waals surface area contributed by atoms with E-state index in [0.29, 0.717) is 22.9 Å². The van der Waals surface area contributed by atoms with Gasteiger partial charge in [-0.1, -0.05) is 0 Å². The standard InChI is InChI=1S/C15H17BrN6O2/c1-15(2,3)24-14(23)20-12-8(7-22(4)21-12)11-18-10-9(16)5-6-17-13(10)19-11/h5-7H,1-4H3,(H,17,18,19)(H,20,21,23). The predicted molar refractivity (Wildman–Crippen MR) is 93.6 cm³/mol. The molecule has 0 saturated heterocycles. The molecule has 0 radical (unpaired) electrons. The van der Waals surface area contributed by atoms with Crippen molar-refractivity contribution in [3.8, 4) is 11.4 Å². The van der Waals surface area contributed by atoms with Crippen molar-refractivity contribution in [3.05, 3.63) is 22.9 Å². The van der Waals surface area contributed by atoms with Crippen LogP contribution in [0, 0.1) is 0 Å². The number of carbonyl (C=O) groups excluding carboxylic acids is 1. The third-order valence-corrected chi connectivity index (χ3v) is 3.71. The van der Waals surface area contributed by atoms with Gasteiger partial charge in [0.05, 0.1) is 11.1 Å². The molecular formula is C15H17BrN6O2. The number of imidazole rings is 1. The van der Waals surface area contributed by atoms with Crippen LogP contribution in [-0.4, -0.2) is 36.4 Å². The molecule has 3 rings (SSSR count). The van der Waals surface area contributed by atoms with Crippen molar-refractivity contribution >= 4 is 39.0 Å². The van der Waals surface area contributed by atoms with Crippen molar-refractivity contribution in [1.82, 2.24) is 24.7 Å². The molecule has 0 fully saturated rings. The van der Waals surface area contributed by atoms with E-state index in [1.165, 1.54) is 0 Å². The van der Waals surface area contributed by atoms with Crippen LogP contribution in [0.25, 0.3) is 22.6 Å². The largest absolute Gasteiger partial charge is 0.444 e. The minimum atomic E-state index is -0.590. The third kappa shape index (κ3) is 3.40. The Bertz CT molecular complexity index is 908. The minimum Gasteiger partial charge on any atom is -0.444 e. The average Bonchev–Trinajstić information content (AvgIpc) is 3.01. The monoisotopic (exact) mass is 392 g/mol. The summed E-state index contributed by atoms with van der Waals surface area (Å²) in [7, 11) is 1.76. The second kappa shape index (κ2) is 5.90. The lowest BCUT2D eigenvalue weighted by Gasteiger charge is -2.19. The van der Waals surface area contributed by atoms with Gasteiger partial charge in [0.15, 0.2) is 11.5 Å². The zero-order valence-electron chi connectivity index (χ0n) is 13.7. The SMILES string of the molecule is Cn1cc(-c2nc3nccc(Br)c3[nH]2)c(NC(=O)OC(C)(C)C)n1. The lowest BCUT2D eigenvalue weighted by Crippen LogP contribution is -2.27. The van der Waals surface area contributed by atoms with E-state index in [-0.39, 0.29) is 0 Å². The molecule has 0 atom stereocenters. The molecule has 0 spiro atoms. The summed E-state index contributed by atoms with van der Waals surface area (Å²) in [6.07, 6.45) is 2.86. The number of hydrogen-bond acceptors (Lipinski definition) is 5. The lowest BCUT2D eigenvalue weighted by atomic mass is 10.2. The number of anilines is 1. The first kappa shape index (κ1) is 16.4. The Morgan fingerprint density at radius 3 is 2.83 bits per heavy atom. The fourth-order valence-corrected chi connectivity index (χ4v) is 2.56. The van der Waals surface area contributed by atoms with Gasteiger partial charge in [-0.25, -0.2) is 14.8 Å². The van der Waals surface area contributed by atoms with Gasteiger partial charge >= 0.3 is 6.09 Å². The molecule has 126 valence electrons. The summed E-state index contributed by atoms with van der Waals surface area (Å²) in [6.45, 7) is 5.40. The Hall–Kier alpha value is -2.42. The predicted octanol–water partition coefficient (Wildman–Crippen LogP) is 3.47. The molecule has 0 aliphatic heterocycles. The van der Waals surface area contributed by atoms with E-state index in [1.54, 1.807) is 44.9 Å². The van der Waals surface area contributed by atoms with Gasteiger partial charge in [0, 0.05) is 23.9 Å². The van der Waals surface area contributed by atoms with E-state index in [4.69, 9.17) is 4.74 Å². The van der Waals surface area contributed by atoms with Crippen LogP contribution in [-0.2, 0) is 11.8 Å². The number of aromatic nitrogens is 5. The van der Waals surface area contributed by atoms with E-state index in [0.717, 1.165) is 9.99 Å².